The van der Waals surface area contributed by atoms with E-state index >= 15 is 0 Å². The average molecular weight is 255 g/mol. The maximum absolute atomic E-state index is 13.0. The van der Waals surface area contributed by atoms with Crippen LogP contribution in [-0.4, -0.2) is 29.1 Å². The third-order valence-corrected chi connectivity index (χ3v) is 4.01. The number of halogens is 1. The Hall–Kier alpha value is -1.23. The van der Waals surface area contributed by atoms with E-state index in [0.717, 1.165) is 30.1 Å². The number of phenols is 1. The van der Waals surface area contributed by atoms with Crippen molar-refractivity contribution in [3.63, 3.8) is 0 Å². The van der Waals surface area contributed by atoms with Gasteiger partial charge in [-0.15, -0.1) is 0 Å². The van der Waals surface area contributed by atoms with Gasteiger partial charge in [-0.25, -0.2) is 4.39 Å². The molecule has 2 N–H and O–H groups in total. The summed E-state index contributed by atoms with van der Waals surface area (Å²) in [5.74, 6) is 1.54. The van der Waals surface area contributed by atoms with Gasteiger partial charge in [0.05, 0.1) is 5.56 Å². The van der Waals surface area contributed by atoms with Gasteiger partial charge in [0.25, 0.3) is 5.91 Å². The molecule has 0 aliphatic carbocycles. The highest BCUT2D eigenvalue weighted by Gasteiger charge is 2.18. The van der Waals surface area contributed by atoms with Crippen molar-refractivity contribution in [2.45, 2.75) is 6.42 Å². The van der Waals surface area contributed by atoms with Crippen LogP contribution in [0.5, 0.6) is 5.75 Å². The number of benzene rings is 1. The number of nitrogens with one attached hydrogen (secondary N) is 1. The molecule has 92 valence electrons. The summed E-state index contributed by atoms with van der Waals surface area (Å²) in [7, 11) is 0. The molecule has 1 heterocycles. The number of amides is 1. The second-order valence-corrected chi connectivity index (χ2v) is 5.25. The van der Waals surface area contributed by atoms with Crippen LogP contribution in [0.25, 0.3) is 0 Å². The number of phenolic OH excluding ortho intramolecular Hbond substituents is 1. The highest BCUT2D eigenvalue weighted by molar-refractivity contribution is 7.99. The zero-order chi connectivity index (χ0) is 12.3. The molecule has 0 bridgehead atoms. The molecule has 1 fully saturated rings. The second-order valence-electron chi connectivity index (χ2n) is 4.10. The molecule has 1 atom stereocenters. The van der Waals surface area contributed by atoms with Crippen LogP contribution in [0.3, 0.4) is 0 Å². The van der Waals surface area contributed by atoms with Crippen molar-refractivity contribution in [2.24, 2.45) is 5.92 Å². The van der Waals surface area contributed by atoms with Crippen LogP contribution in [0.15, 0.2) is 18.2 Å². The monoisotopic (exact) mass is 255 g/mol. The van der Waals surface area contributed by atoms with Crippen LogP contribution in [0.4, 0.5) is 4.39 Å². The predicted molar refractivity (Wildman–Crippen MR) is 65.8 cm³/mol. The molecule has 17 heavy (non-hydrogen) atoms. The van der Waals surface area contributed by atoms with Gasteiger partial charge in [0, 0.05) is 6.54 Å². The lowest BCUT2D eigenvalue weighted by atomic mass is 10.1. The number of hydrogen-bond donors (Lipinski definition) is 2. The van der Waals surface area contributed by atoms with Gasteiger partial charge in [-0.1, -0.05) is 0 Å². The first kappa shape index (κ1) is 12.2. The fraction of sp³-hybridized carbons (Fsp3) is 0.417. The lowest BCUT2D eigenvalue weighted by molar-refractivity contribution is 0.0945. The maximum Gasteiger partial charge on any atom is 0.255 e. The first-order chi connectivity index (χ1) is 8.16. The lowest BCUT2D eigenvalue weighted by Gasteiger charge is -2.10. The van der Waals surface area contributed by atoms with Crippen molar-refractivity contribution >= 4 is 17.7 Å². The largest absolute Gasteiger partial charge is 0.507 e. The molecule has 1 saturated heterocycles. The summed E-state index contributed by atoms with van der Waals surface area (Å²) in [6, 6.07) is 3.36. The van der Waals surface area contributed by atoms with Gasteiger partial charge in [0.2, 0.25) is 0 Å². The van der Waals surface area contributed by atoms with E-state index in [1.54, 1.807) is 0 Å². The van der Waals surface area contributed by atoms with Crippen molar-refractivity contribution in [1.82, 2.24) is 5.32 Å². The summed E-state index contributed by atoms with van der Waals surface area (Å²) in [6.07, 6.45) is 1.10. The Bertz CT molecular complexity index is 419. The third kappa shape index (κ3) is 3.12. The molecular weight excluding hydrogens is 241 g/mol. The zero-order valence-electron chi connectivity index (χ0n) is 9.28. The molecule has 1 amide bonds. The van der Waals surface area contributed by atoms with Gasteiger partial charge in [-0.3, -0.25) is 4.79 Å². The Morgan fingerprint density at radius 3 is 3.12 bits per heavy atom. The van der Waals surface area contributed by atoms with Crippen LogP contribution in [0.1, 0.15) is 16.8 Å². The van der Waals surface area contributed by atoms with Gasteiger partial charge in [-0.05, 0) is 42.0 Å². The average Bonchev–Trinajstić information content (AvgIpc) is 2.82. The standard InChI is InChI=1S/C12H14FNO2S/c13-9-1-2-11(15)10(5-9)12(16)14-6-8-3-4-17-7-8/h1-2,5,8,15H,3-4,6-7H2,(H,14,16). The highest BCUT2D eigenvalue weighted by atomic mass is 32.2. The first-order valence-electron chi connectivity index (χ1n) is 5.51. The highest BCUT2D eigenvalue weighted by Crippen LogP contribution is 2.23. The first-order valence-corrected chi connectivity index (χ1v) is 6.67. The van der Waals surface area contributed by atoms with Crippen LogP contribution in [0.2, 0.25) is 0 Å². The molecule has 0 radical (unpaired) electrons. The fourth-order valence-electron chi connectivity index (χ4n) is 1.77. The van der Waals surface area contributed by atoms with Crippen LogP contribution < -0.4 is 5.32 Å². The molecule has 0 spiro atoms. The molecule has 1 unspecified atom stereocenters. The molecule has 2 rings (SSSR count). The normalized spacial score (nSPS) is 19.2. The SMILES string of the molecule is O=C(NCC1CCSC1)c1cc(F)ccc1O. The third-order valence-electron chi connectivity index (χ3n) is 2.78. The van der Waals surface area contributed by atoms with Gasteiger partial charge in [0.1, 0.15) is 11.6 Å². The van der Waals surface area contributed by atoms with E-state index in [2.05, 4.69) is 5.32 Å². The zero-order valence-corrected chi connectivity index (χ0v) is 10.1. The molecule has 1 aromatic rings. The Balaban J connectivity index is 1.96. The Kier molecular flexibility index (Phi) is 3.89. The minimum absolute atomic E-state index is 0.00403. The minimum Gasteiger partial charge on any atom is -0.507 e. The fourth-order valence-corrected chi connectivity index (χ4v) is 3.05. The minimum atomic E-state index is -0.524. The van der Waals surface area contributed by atoms with E-state index in [-0.39, 0.29) is 11.3 Å². The van der Waals surface area contributed by atoms with Crippen LogP contribution in [0, 0.1) is 11.7 Å². The van der Waals surface area contributed by atoms with E-state index in [1.165, 1.54) is 6.07 Å². The summed E-state index contributed by atoms with van der Waals surface area (Å²) in [6.45, 7) is 0.585. The quantitative estimate of drug-likeness (QED) is 0.868. The smallest absolute Gasteiger partial charge is 0.255 e. The molecule has 1 aliphatic rings. The van der Waals surface area contributed by atoms with Gasteiger partial charge < -0.3 is 10.4 Å². The van der Waals surface area contributed by atoms with Gasteiger partial charge in [-0.2, -0.15) is 11.8 Å². The van der Waals surface area contributed by atoms with Crippen LogP contribution in [-0.2, 0) is 0 Å². The van der Waals surface area contributed by atoms with Crippen molar-refractivity contribution in [3.05, 3.63) is 29.6 Å². The topological polar surface area (TPSA) is 49.3 Å². The van der Waals surface area contributed by atoms with Crippen molar-refractivity contribution in [1.29, 1.82) is 0 Å². The Morgan fingerprint density at radius 2 is 2.41 bits per heavy atom. The lowest BCUT2D eigenvalue weighted by Crippen LogP contribution is -2.29. The van der Waals surface area contributed by atoms with E-state index in [1.807, 2.05) is 11.8 Å². The maximum atomic E-state index is 13.0. The van der Waals surface area contributed by atoms with Crippen molar-refractivity contribution in [2.75, 3.05) is 18.1 Å². The number of aromatic hydroxyl groups is 1. The molecule has 0 saturated carbocycles. The van der Waals surface area contributed by atoms with E-state index in [0.29, 0.717) is 12.5 Å². The van der Waals surface area contributed by atoms with Gasteiger partial charge >= 0.3 is 0 Å². The Morgan fingerprint density at radius 1 is 1.59 bits per heavy atom. The molecular formula is C12H14FNO2S. The molecule has 3 nitrogen and oxygen atoms in total. The van der Waals surface area contributed by atoms with Crippen molar-refractivity contribution < 1.29 is 14.3 Å². The van der Waals surface area contributed by atoms with E-state index in [4.69, 9.17) is 0 Å². The number of rotatable bonds is 3. The number of hydrogen-bond acceptors (Lipinski definition) is 3. The predicted octanol–water partition coefficient (Wildman–Crippen LogP) is 2.01. The number of thioether (sulfide) groups is 1. The molecule has 1 aromatic carbocycles. The molecule has 0 aromatic heterocycles. The van der Waals surface area contributed by atoms with Crippen LogP contribution >= 0.6 is 11.8 Å². The number of carbonyl (C=O) groups excluding carboxylic acids is 1. The van der Waals surface area contributed by atoms with Gasteiger partial charge in [0.15, 0.2) is 0 Å². The second kappa shape index (κ2) is 5.40. The summed E-state index contributed by atoms with van der Waals surface area (Å²) >= 11 is 1.87. The summed E-state index contributed by atoms with van der Waals surface area (Å²) in [4.78, 5) is 11.7. The number of carbonyl (C=O) groups is 1. The summed E-state index contributed by atoms with van der Waals surface area (Å²) in [5.41, 5.74) is -0.00403. The molecule has 1 aliphatic heterocycles. The summed E-state index contributed by atoms with van der Waals surface area (Å²) < 4.78 is 13.0. The van der Waals surface area contributed by atoms with Crippen molar-refractivity contribution in [3.8, 4) is 5.75 Å². The molecule has 5 heteroatoms. The van der Waals surface area contributed by atoms with E-state index < -0.39 is 11.7 Å². The Labute approximate surface area is 103 Å². The summed E-state index contributed by atoms with van der Waals surface area (Å²) in [5, 5.41) is 12.2. The van der Waals surface area contributed by atoms with E-state index in [9.17, 15) is 14.3 Å².